The molecule has 0 aliphatic carbocycles. The van der Waals surface area contributed by atoms with Gasteiger partial charge in [-0.1, -0.05) is 0 Å². The van der Waals surface area contributed by atoms with Crippen LogP contribution in [0, 0.1) is 0 Å². The van der Waals surface area contributed by atoms with Gasteiger partial charge in [-0.05, 0) is 0 Å². The average molecular weight is 160 g/mol. The molecule has 0 fully saturated rings. The summed E-state index contributed by atoms with van der Waals surface area (Å²) in [5.74, 6) is 0.495. The molecule has 54 valence electrons. The lowest BCUT2D eigenvalue weighted by Crippen LogP contribution is -2.42. The van der Waals surface area contributed by atoms with E-state index in [1.807, 2.05) is 0 Å². The molecule has 0 radical (unpaired) electrons. The maximum Gasteiger partial charge on any atom is 0.240 e. The number of nitrogens with zero attached hydrogens (tertiary/aromatic N) is 2. The molecule has 0 amide bonds. The molecule has 0 aliphatic heterocycles. The van der Waals surface area contributed by atoms with Gasteiger partial charge >= 0.3 is 0 Å². The minimum Gasteiger partial charge on any atom is -0.270 e. The Hall–Kier alpha value is -0.830. The van der Waals surface area contributed by atoms with E-state index in [9.17, 15) is 0 Å². The van der Waals surface area contributed by atoms with Crippen molar-refractivity contribution in [2.45, 2.75) is 0 Å². The Bertz CT molecular complexity index is 180. The van der Waals surface area contributed by atoms with Crippen LogP contribution in [0.1, 0.15) is 0 Å². The number of rotatable bonds is 3. The van der Waals surface area contributed by atoms with Crippen molar-refractivity contribution in [2.24, 2.45) is 0 Å². The molecule has 0 bridgehead atoms. The van der Waals surface area contributed by atoms with E-state index in [1.165, 1.54) is 0 Å². The van der Waals surface area contributed by atoms with E-state index in [2.05, 4.69) is 4.98 Å². The topological polar surface area (TPSA) is 26.0 Å². The van der Waals surface area contributed by atoms with Crippen molar-refractivity contribution in [3.05, 3.63) is 24.8 Å². The molecule has 1 rings (SSSR count). The Labute approximate surface area is 64.2 Å². The highest BCUT2D eigenvalue weighted by Gasteiger charge is 1.95. The molecule has 0 aromatic carbocycles. The minimum absolute atomic E-state index is 0.495. The molecule has 1 heterocycles. The smallest absolute Gasteiger partial charge is 0.240 e. The summed E-state index contributed by atoms with van der Waals surface area (Å²) in [7, 11) is 0. The lowest BCUT2D eigenvalue weighted by Gasteiger charge is -1.91. The van der Waals surface area contributed by atoms with Crippen LogP contribution in [0.15, 0.2) is 24.8 Å². The van der Waals surface area contributed by atoms with E-state index in [-0.39, 0.29) is 0 Å². The summed E-state index contributed by atoms with van der Waals surface area (Å²) in [6.45, 7) is 0.510. The molecule has 0 N–H and O–H groups in total. The van der Waals surface area contributed by atoms with Crippen LogP contribution < -0.4 is 9.57 Å². The first kappa shape index (κ1) is 7.28. The van der Waals surface area contributed by atoms with Gasteiger partial charge in [-0.25, -0.2) is 0 Å². The molecule has 0 aliphatic rings. The van der Waals surface area contributed by atoms with Crippen LogP contribution in [0.5, 0.6) is 0 Å². The summed E-state index contributed by atoms with van der Waals surface area (Å²) in [6.07, 6.45) is 6.72. The lowest BCUT2D eigenvalue weighted by atomic mass is 10.8. The first-order chi connectivity index (χ1) is 4.93. The maximum atomic E-state index is 5.40. The fraction of sp³-hybridized carbons (Fsp3) is 0.333. The molecule has 0 saturated carbocycles. The third-order valence-corrected chi connectivity index (χ3v) is 1.07. The summed E-state index contributed by atoms with van der Waals surface area (Å²) in [6, 6.07) is 0. The highest BCUT2D eigenvalue weighted by atomic mass is 35.5. The minimum atomic E-state index is 0.495. The van der Waals surface area contributed by atoms with Crippen LogP contribution in [0.2, 0.25) is 0 Å². The summed E-state index contributed by atoms with van der Waals surface area (Å²) >= 11 is 5.40. The largest absolute Gasteiger partial charge is 0.270 e. The molecular formula is C6H8ClN2O+. The van der Waals surface area contributed by atoms with Gasteiger partial charge in [-0.2, -0.15) is 0 Å². The van der Waals surface area contributed by atoms with Gasteiger partial charge in [0.15, 0.2) is 6.61 Å². The van der Waals surface area contributed by atoms with Crippen molar-refractivity contribution in [2.75, 3.05) is 12.5 Å². The Morgan fingerprint density at radius 2 is 2.10 bits per heavy atom. The van der Waals surface area contributed by atoms with Crippen LogP contribution in [0.25, 0.3) is 0 Å². The van der Waals surface area contributed by atoms with E-state index in [4.69, 9.17) is 16.4 Å². The summed E-state index contributed by atoms with van der Waals surface area (Å²) in [4.78, 5) is 8.92. The number of hydrogen-bond donors (Lipinski definition) is 0. The van der Waals surface area contributed by atoms with Gasteiger partial charge in [0.2, 0.25) is 12.4 Å². The van der Waals surface area contributed by atoms with Crippen molar-refractivity contribution >= 4 is 11.6 Å². The Kier molecular flexibility index (Phi) is 2.96. The number of alkyl halides is 1. The summed E-state index contributed by atoms with van der Waals surface area (Å²) in [5.41, 5.74) is 0. The van der Waals surface area contributed by atoms with E-state index >= 15 is 0 Å². The van der Waals surface area contributed by atoms with E-state index in [1.54, 1.807) is 29.5 Å². The second-order valence-corrected chi connectivity index (χ2v) is 2.01. The van der Waals surface area contributed by atoms with Gasteiger partial charge in [-0.3, -0.25) is 9.82 Å². The van der Waals surface area contributed by atoms with Gasteiger partial charge < -0.3 is 0 Å². The Morgan fingerprint density at radius 3 is 2.70 bits per heavy atom. The zero-order valence-corrected chi connectivity index (χ0v) is 6.16. The zero-order valence-electron chi connectivity index (χ0n) is 5.40. The highest BCUT2D eigenvalue weighted by Crippen LogP contribution is 1.71. The van der Waals surface area contributed by atoms with Gasteiger partial charge in [-0.15, -0.1) is 11.6 Å². The summed E-state index contributed by atoms with van der Waals surface area (Å²) < 4.78 is 1.56. The Balaban J connectivity index is 2.43. The van der Waals surface area contributed by atoms with Crippen molar-refractivity contribution in [3.8, 4) is 0 Å². The van der Waals surface area contributed by atoms with Crippen molar-refractivity contribution in [1.29, 1.82) is 0 Å². The average Bonchev–Trinajstić information content (AvgIpc) is 2.03. The molecule has 0 spiro atoms. The number of halogens is 1. The molecule has 0 unspecified atom stereocenters. The van der Waals surface area contributed by atoms with Crippen molar-refractivity contribution in [3.63, 3.8) is 0 Å². The predicted molar refractivity (Wildman–Crippen MR) is 36.6 cm³/mol. The maximum absolute atomic E-state index is 5.40. The molecule has 4 heteroatoms. The van der Waals surface area contributed by atoms with E-state index in [0.717, 1.165) is 0 Å². The third kappa shape index (κ3) is 2.19. The second kappa shape index (κ2) is 4.06. The van der Waals surface area contributed by atoms with E-state index in [0.29, 0.717) is 12.5 Å². The molecule has 0 saturated heterocycles. The third-order valence-electron chi connectivity index (χ3n) is 0.917. The normalized spacial score (nSPS) is 9.30. The molecule has 3 nitrogen and oxygen atoms in total. The summed E-state index contributed by atoms with van der Waals surface area (Å²) in [5, 5.41) is 0. The predicted octanol–water partition coefficient (Wildman–Crippen LogP) is 0.0365. The van der Waals surface area contributed by atoms with Crippen LogP contribution in [0.4, 0.5) is 0 Å². The highest BCUT2D eigenvalue weighted by molar-refractivity contribution is 6.17. The van der Waals surface area contributed by atoms with Crippen LogP contribution in [-0.2, 0) is 0 Å². The van der Waals surface area contributed by atoms with Crippen LogP contribution >= 0.6 is 11.6 Å². The molecule has 0 atom stereocenters. The van der Waals surface area contributed by atoms with Gasteiger partial charge in [0.1, 0.15) is 0 Å². The molecule has 1 aromatic heterocycles. The molecular weight excluding hydrogens is 152 g/mol. The first-order valence-electron chi connectivity index (χ1n) is 2.94. The van der Waals surface area contributed by atoms with Gasteiger partial charge in [0, 0.05) is 4.73 Å². The fourth-order valence-corrected chi connectivity index (χ4v) is 0.603. The fourth-order valence-electron chi connectivity index (χ4n) is 0.534. The van der Waals surface area contributed by atoms with E-state index < -0.39 is 0 Å². The molecule has 10 heavy (non-hydrogen) atoms. The van der Waals surface area contributed by atoms with Gasteiger partial charge in [0.25, 0.3) is 0 Å². The van der Waals surface area contributed by atoms with Crippen LogP contribution in [-0.4, -0.2) is 17.5 Å². The lowest BCUT2D eigenvalue weighted by molar-refractivity contribution is -0.891. The Morgan fingerprint density at radius 1 is 1.40 bits per heavy atom. The monoisotopic (exact) mass is 159 g/mol. The number of aromatic nitrogens is 2. The van der Waals surface area contributed by atoms with Crippen LogP contribution in [0.3, 0.4) is 0 Å². The SMILES string of the molecule is ClCCO[n+]1ccncc1. The standard InChI is InChI=1S/C6H8ClN2O/c7-1-6-10-9-4-2-8-3-5-9/h2-5H,1,6H2/q+1. The second-order valence-electron chi connectivity index (χ2n) is 1.63. The van der Waals surface area contributed by atoms with Crippen molar-refractivity contribution in [1.82, 2.24) is 4.98 Å². The number of hydrogen-bond acceptors (Lipinski definition) is 2. The quantitative estimate of drug-likeness (QED) is 0.460. The molecule has 1 aromatic rings. The van der Waals surface area contributed by atoms with Gasteiger partial charge in [0.05, 0.1) is 18.3 Å². The van der Waals surface area contributed by atoms with Crippen molar-refractivity contribution < 1.29 is 9.57 Å². The zero-order chi connectivity index (χ0) is 7.23. The first-order valence-corrected chi connectivity index (χ1v) is 3.47.